The number of nitrogen functional groups attached to an aromatic ring is 1. The first kappa shape index (κ1) is 26.1. The van der Waals surface area contributed by atoms with E-state index in [-0.39, 0.29) is 44.2 Å². The van der Waals surface area contributed by atoms with Crippen molar-refractivity contribution < 1.29 is 31.0 Å². The predicted molar refractivity (Wildman–Crippen MR) is 146 cm³/mol. The number of ketones is 2. The summed E-state index contributed by atoms with van der Waals surface area (Å²) in [5.41, 5.74) is 6.30. The minimum absolute atomic E-state index is 0.0487. The van der Waals surface area contributed by atoms with Crippen LogP contribution in [0.1, 0.15) is 37.4 Å². The molecule has 1 aliphatic rings. The van der Waals surface area contributed by atoms with Gasteiger partial charge in [-0.25, -0.2) is 8.42 Å². The number of aryl methyl sites for hydroxylation is 1. The summed E-state index contributed by atoms with van der Waals surface area (Å²) < 4.78 is 62.2. The molecule has 0 fully saturated rings. The van der Waals surface area contributed by atoms with Crippen LogP contribution < -0.4 is 15.8 Å². The summed E-state index contributed by atoms with van der Waals surface area (Å²) in [4.78, 5) is 26.1. The molecule has 4 aromatic rings. The van der Waals surface area contributed by atoms with Gasteiger partial charge in [-0.1, -0.05) is 48.0 Å². The molecule has 4 aromatic carbocycles. The Morgan fingerprint density at radius 3 is 1.95 bits per heavy atom. The van der Waals surface area contributed by atoms with Crippen LogP contribution in [0.25, 0.3) is 0 Å². The molecule has 0 spiro atoms. The third-order valence-electron chi connectivity index (χ3n) is 6.20. The van der Waals surface area contributed by atoms with Gasteiger partial charge in [0.25, 0.3) is 20.1 Å². The van der Waals surface area contributed by atoms with Crippen LogP contribution in [0.2, 0.25) is 0 Å². The zero-order chi connectivity index (χ0) is 28.1. The third-order valence-corrected chi connectivity index (χ3v) is 8.49. The fourth-order valence-electron chi connectivity index (χ4n) is 4.35. The van der Waals surface area contributed by atoms with Crippen molar-refractivity contribution in [2.45, 2.75) is 16.7 Å². The molecular formula is C27H21N3O7S2. The second kappa shape index (κ2) is 9.34. The molecule has 1 aliphatic carbocycles. The number of fused-ring (bicyclic) bond motifs is 2. The van der Waals surface area contributed by atoms with Gasteiger partial charge in [0.1, 0.15) is 4.90 Å². The smallest absolute Gasteiger partial charge is 0.296 e. The van der Waals surface area contributed by atoms with Crippen molar-refractivity contribution in [3.63, 3.8) is 0 Å². The Labute approximate surface area is 224 Å². The lowest BCUT2D eigenvalue weighted by atomic mass is 9.82. The maximum atomic E-state index is 13.5. The summed E-state index contributed by atoms with van der Waals surface area (Å²) in [6.45, 7) is 1.83. The van der Waals surface area contributed by atoms with Crippen molar-refractivity contribution in [2.75, 3.05) is 15.8 Å². The Hall–Kier alpha value is -4.52. The van der Waals surface area contributed by atoms with Gasteiger partial charge in [-0.2, -0.15) is 8.42 Å². The van der Waals surface area contributed by atoms with E-state index in [1.165, 1.54) is 42.5 Å². The van der Waals surface area contributed by atoms with Gasteiger partial charge in [-0.15, -0.1) is 0 Å². The second-order valence-corrected chi connectivity index (χ2v) is 12.0. The van der Waals surface area contributed by atoms with E-state index in [0.29, 0.717) is 0 Å². The summed E-state index contributed by atoms with van der Waals surface area (Å²) in [6, 6.07) is 19.3. The molecule has 0 saturated heterocycles. The molecular weight excluding hydrogens is 542 g/mol. The summed E-state index contributed by atoms with van der Waals surface area (Å²) >= 11 is 0. The van der Waals surface area contributed by atoms with Gasteiger partial charge < -0.3 is 11.1 Å². The van der Waals surface area contributed by atoms with E-state index in [9.17, 15) is 31.0 Å². The van der Waals surface area contributed by atoms with E-state index >= 15 is 0 Å². The van der Waals surface area contributed by atoms with Gasteiger partial charge in [-0.3, -0.25) is 18.9 Å². The fraction of sp³-hybridized carbons (Fsp3) is 0.0370. The molecule has 0 bridgehead atoms. The van der Waals surface area contributed by atoms with E-state index in [1.54, 1.807) is 30.3 Å². The molecule has 198 valence electrons. The van der Waals surface area contributed by atoms with Crippen LogP contribution in [0.15, 0.2) is 88.7 Å². The van der Waals surface area contributed by atoms with E-state index in [4.69, 9.17) is 5.73 Å². The number of nitrogens with one attached hydrogen (secondary N) is 2. The average Bonchev–Trinajstić information content (AvgIpc) is 2.87. The minimum atomic E-state index is -4.89. The Morgan fingerprint density at radius 2 is 1.33 bits per heavy atom. The highest BCUT2D eigenvalue weighted by molar-refractivity contribution is 7.92. The number of carbonyl (C=O) groups is 2. The van der Waals surface area contributed by atoms with Crippen LogP contribution in [0.4, 0.5) is 22.7 Å². The topological polar surface area (TPSA) is 173 Å². The summed E-state index contributed by atoms with van der Waals surface area (Å²) in [7, 11) is -8.81. The van der Waals surface area contributed by atoms with Crippen LogP contribution in [0, 0.1) is 6.92 Å². The normalized spacial score (nSPS) is 13.0. The Kier molecular flexibility index (Phi) is 6.25. The third kappa shape index (κ3) is 4.76. The van der Waals surface area contributed by atoms with Gasteiger partial charge in [0, 0.05) is 16.8 Å². The minimum Gasteiger partial charge on any atom is -0.397 e. The second-order valence-electron chi connectivity index (χ2n) is 8.89. The van der Waals surface area contributed by atoms with Crippen LogP contribution in [-0.2, 0) is 20.1 Å². The van der Waals surface area contributed by atoms with Gasteiger partial charge in [0.05, 0.1) is 33.1 Å². The Balaban J connectivity index is 1.59. The van der Waals surface area contributed by atoms with E-state index in [2.05, 4.69) is 10.0 Å². The molecule has 12 heteroatoms. The van der Waals surface area contributed by atoms with Gasteiger partial charge in [0.15, 0.2) is 11.6 Å². The number of hydrogen-bond donors (Lipinski definition) is 4. The number of rotatable bonds is 6. The lowest BCUT2D eigenvalue weighted by Crippen LogP contribution is -2.25. The summed E-state index contributed by atoms with van der Waals surface area (Å²) in [5, 5.41) is 2.89. The Bertz CT molecular complexity index is 1900. The molecule has 0 amide bonds. The van der Waals surface area contributed by atoms with Crippen molar-refractivity contribution in [3.05, 3.63) is 107 Å². The first-order valence-corrected chi connectivity index (χ1v) is 14.4. The maximum absolute atomic E-state index is 13.5. The Morgan fingerprint density at radius 1 is 0.744 bits per heavy atom. The molecule has 10 nitrogen and oxygen atoms in total. The number of hydrogen-bond acceptors (Lipinski definition) is 8. The first-order chi connectivity index (χ1) is 18.4. The first-order valence-electron chi connectivity index (χ1n) is 11.5. The molecule has 5 rings (SSSR count). The van der Waals surface area contributed by atoms with E-state index < -0.39 is 42.3 Å². The van der Waals surface area contributed by atoms with Crippen LogP contribution >= 0.6 is 0 Å². The molecule has 0 saturated carbocycles. The fourth-order valence-corrected chi connectivity index (χ4v) is 6.05. The number of benzene rings is 4. The zero-order valence-corrected chi connectivity index (χ0v) is 21.9. The predicted octanol–water partition coefficient (Wildman–Crippen LogP) is 4.14. The lowest BCUT2D eigenvalue weighted by Gasteiger charge is -2.23. The molecule has 0 aliphatic heterocycles. The standard InChI is InChI=1S/C27H21N3O7S2/c1-15-9-11-18(12-10-15)38(33,34)30-17-6-4-5-16(13-17)29-21-14-22(39(35,36)37)25(28)24-23(21)26(31)19-7-2-3-8-20(19)27(24)32/h2-14,29-30H,28H2,1H3,(H,35,36,37). The SMILES string of the molecule is Cc1ccc(S(=O)(=O)Nc2cccc(Nc3cc(S(=O)(=O)O)c(N)c4c3C(=O)c3ccccc3C4=O)c2)cc1. The van der Waals surface area contributed by atoms with Crippen LogP contribution in [0.5, 0.6) is 0 Å². The molecule has 0 unspecified atom stereocenters. The van der Waals surface area contributed by atoms with Crippen molar-refractivity contribution in [1.29, 1.82) is 0 Å². The van der Waals surface area contributed by atoms with Crippen molar-refractivity contribution in [2.24, 2.45) is 0 Å². The average molecular weight is 564 g/mol. The van der Waals surface area contributed by atoms with Crippen molar-refractivity contribution in [1.82, 2.24) is 0 Å². The lowest BCUT2D eigenvalue weighted by molar-refractivity contribution is 0.0980. The molecule has 5 N–H and O–H groups in total. The number of nitrogens with two attached hydrogens (primary N) is 1. The molecule has 0 heterocycles. The highest BCUT2D eigenvalue weighted by Crippen LogP contribution is 2.40. The molecule has 0 atom stereocenters. The quantitative estimate of drug-likeness (QED) is 0.175. The van der Waals surface area contributed by atoms with E-state index in [0.717, 1.165) is 11.6 Å². The zero-order valence-electron chi connectivity index (χ0n) is 20.3. The summed E-state index contributed by atoms with van der Waals surface area (Å²) in [5.74, 6) is -1.25. The van der Waals surface area contributed by atoms with Crippen molar-refractivity contribution in [3.8, 4) is 0 Å². The van der Waals surface area contributed by atoms with Crippen LogP contribution in [0.3, 0.4) is 0 Å². The number of carbonyl (C=O) groups excluding carboxylic acids is 2. The highest BCUT2D eigenvalue weighted by atomic mass is 32.2. The molecule has 39 heavy (non-hydrogen) atoms. The van der Waals surface area contributed by atoms with Gasteiger partial charge in [-0.05, 0) is 43.3 Å². The molecule has 0 radical (unpaired) electrons. The van der Waals surface area contributed by atoms with Gasteiger partial charge in [0.2, 0.25) is 0 Å². The van der Waals surface area contributed by atoms with Crippen molar-refractivity contribution >= 4 is 54.5 Å². The molecule has 0 aromatic heterocycles. The van der Waals surface area contributed by atoms with E-state index in [1.807, 2.05) is 6.92 Å². The maximum Gasteiger partial charge on any atom is 0.296 e. The highest BCUT2D eigenvalue weighted by Gasteiger charge is 2.36. The largest absolute Gasteiger partial charge is 0.397 e. The van der Waals surface area contributed by atoms with Gasteiger partial charge >= 0.3 is 0 Å². The number of anilines is 4. The van der Waals surface area contributed by atoms with Crippen LogP contribution in [-0.4, -0.2) is 33.0 Å². The summed E-state index contributed by atoms with van der Waals surface area (Å²) in [6.07, 6.45) is 0. The monoisotopic (exact) mass is 563 g/mol. The number of sulfonamides is 1.